The van der Waals surface area contributed by atoms with Crippen molar-refractivity contribution in [1.29, 1.82) is 0 Å². The van der Waals surface area contributed by atoms with Crippen LogP contribution in [-0.4, -0.2) is 12.3 Å². The van der Waals surface area contributed by atoms with Gasteiger partial charge in [-0.2, -0.15) is 6.20 Å². The Hall–Kier alpha value is -0.406. The summed E-state index contributed by atoms with van der Waals surface area (Å²) in [6.07, 6.45) is 11.3. The van der Waals surface area contributed by atoms with E-state index in [4.69, 9.17) is 24.7 Å². The van der Waals surface area contributed by atoms with Gasteiger partial charge in [-0.3, -0.25) is 4.99 Å². The molecular weight excluding hydrogens is 378 g/mol. The van der Waals surface area contributed by atoms with Crippen molar-refractivity contribution in [1.82, 2.24) is 4.98 Å². The predicted molar refractivity (Wildman–Crippen MR) is 97.4 cm³/mol. The number of fused-ring (bicyclic) bond motifs is 1. The van der Waals surface area contributed by atoms with Crippen molar-refractivity contribution < 1.29 is 14.4 Å². The standard InChI is InChI=1S/C19H21N2.2ClH.V/c1-2-14-4-5-20-18(14)15(3-1)11-21-19-16-7-12-6-13(9-16)10-17(19)8-12;;;/h1-5,11-13,16-17,19H,6-10H2;2*1H;/q-1;;;+2/p-2. The van der Waals surface area contributed by atoms with Crippen LogP contribution < -0.4 is 4.98 Å². The molecule has 6 rings (SSSR count). The monoisotopic (exact) mass is 398 g/mol. The topological polar surface area (TPSA) is 26.5 Å². The molecule has 0 aliphatic heterocycles. The molecule has 0 spiro atoms. The molecule has 5 heteroatoms. The summed E-state index contributed by atoms with van der Waals surface area (Å²) in [7, 11) is 9.72. The van der Waals surface area contributed by atoms with E-state index in [2.05, 4.69) is 35.5 Å². The van der Waals surface area contributed by atoms with Crippen molar-refractivity contribution >= 4 is 36.8 Å². The van der Waals surface area contributed by atoms with Crippen molar-refractivity contribution in [2.75, 3.05) is 0 Å². The fraction of sp³-hybridized carbons (Fsp3) is 0.526. The third-order valence-electron chi connectivity index (χ3n) is 6.12. The second-order valence-electron chi connectivity index (χ2n) is 7.49. The number of nitrogens with zero attached hydrogens (tertiary/aromatic N) is 2. The number of halogens is 2. The van der Waals surface area contributed by atoms with Gasteiger partial charge in [0.1, 0.15) is 0 Å². The van der Waals surface area contributed by atoms with Gasteiger partial charge in [0.2, 0.25) is 0 Å². The maximum absolute atomic E-state index is 5.06. The molecule has 0 amide bonds. The summed E-state index contributed by atoms with van der Waals surface area (Å²) >= 11 is -0.368. The molecule has 4 bridgehead atoms. The first-order valence-corrected chi connectivity index (χ1v) is 12.6. The van der Waals surface area contributed by atoms with E-state index >= 15 is 0 Å². The van der Waals surface area contributed by atoms with Crippen molar-refractivity contribution in [3.8, 4) is 0 Å². The molecule has 1 aromatic heterocycles. The van der Waals surface area contributed by atoms with E-state index in [1.165, 1.54) is 43.1 Å². The number of rotatable bonds is 2. The molecule has 4 aliphatic carbocycles. The third kappa shape index (κ3) is 3.31. The molecule has 0 N–H and O–H groups in total. The quantitative estimate of drug-likeness (QED) is 0.620. The van der Waals surface area contributed by atoms with Gasteiger partial charge < -0.3 is 4.98 Å². The van der Waals surface area contributed by atoms with Gasteiger partial charge in [0, 0.05) is 6.21 Å². The summed E-state index contributed by atoms with van der Waals surface area (Å²) in [6, 6.07) is 9.05. The molecule has 0 atom stereocenters. The molecule has 127 valence electrons. The second kappa shape index (κ2) is 7.45. The Labute approximate surface area is 158 Å². The van der Waals surface area contributed by atoms with E-state index in [0.717, 1.165) is 29.2 Å². The molecular formula is C19H21Cl2N2V-. The van der Waals surface area contributed by atoms with Crippen molar-refractivity contribution in [2.45, 2.75) is 38.1 Å². The van der Waals surface area contributed by atoms with Gasteiger partial charge in [-0.05, 0) is 66.7 Å². The van der Waals surface area contributed by atoms with E-state index < -0.39 is 0 Å². The maximum atomic E-state index is 5.06. The molecule has 2 aromatic rings. The minimum absolute atomic E-state index is 0.368. The van der Waals surface area contributed by atoms with E-state index in [0.29, 0.717) is 6.04 Å². The van der Waals surface area contributed by atoms with Crippen LogP contribution in [0.1, 0.15) is 37.7 Å². The summed E-state index contributed by atoms with van der Waals surface area (Å²) in [5.74, 6) is 3.78. The molecule has 0 unspecified atom stereocenters. The van der Waals surface area contributed by atoms with Crippen molar-refractivity contribution in [3.05, 3.63) is 36.0 Å². The normalized spacial score (nSPS) is 33.7. The molecule has 1 aromatic carbocycles. The van der Waals surface area contributed by atoms with Gasteiger partial charge in [0.15, 0.2) is 0 Å². The first-order chi connectivity index (χ1) is 11.8. The van der Waals surface area contributed by atoms with Gasteiger partial charge in [-0.25, -0.2) is 0 Å². The van der Waals surface area contributed by atoms with Gasteiger partial charge in [-0.15, -0.1) is 5.52 Å². The summed E-state index contributed by atoms with van der Waals surface area (Å²) in [6.45, 7) is 0. The molecule has 4 fully saturated rings. The van der Waals surface area contributed by atoms with Gasteiger partial charge in [0.05, 0.1) is 6.04 Å². The fourth-order valence-corrected chi connectivity index (χ4v) is 5.47. The number of benzene rings is 1. The van der Waals surface area contributed by atoms with Crippen LogP contribution in [0.5, 0.6) is 0 Å². The number of hydrogen-bond acceptors (Lipinski definition) is 1. The minimum atomic E-state index is -0.368. The fourth-order valence-electron chi connectivity index (χ4n) is 5.47. The zero-order valence-corrected chi connectivity index (χ0v) is 16.4. The summed E-state index contributed by atoms with van der Waals surface area (Å²) in [5, 5.41) is 1.23. The predicted octanol–water partition coefficient (Wildman–Crippen LogP) is 5.42. The van der Waals surface area contributed by atoms with Crippen LogP contribution in [-0.2, 0) is 14.4 Å². The van der Waals surface area contributed by atoms with Gasteiger partial charge in [0.25, 0.3) is 0 Å². The zero-order chi connectivity index (χ0) is 16.5. The molecule has 24 heavy (non-hydrogen) atoms. The Morgan fingerprint density at radius 2 is 1.67 bits per heavy atom. The van der Waals surface area contributed by atoms with Crippen molar-refractivity contribution in [2.24, 2.45) is 28.7 Å². The van der Waals surface area contributed by atoms with E-state index in [-0.39, 0.29) is 14.4 Å². The molecule has 4 aliphatic rings. The zero-order valence-electron chi connectivity index (χ0n) is 13.5. The van der Waals surface area contributed by atoms with Gasteiger partial charge >= 0.3 is 34.1 Å². The van der Waals surface area contributed by atoms with Crippen molar-refractivity contribution in [3.63, 3.8) is 0 Å². The molecule has 0 radical (unpaired) electrons. The SMILES string of the molecule is C(=NC1C2CC3CC(C2)CC1C3)c1cccc2cc[n-]c12.[Cl][V][Cl]. The number of hydrogen-bond donors (Lipinski definition) is 0. The van der Waals surface area contributed by atoms with E-state index in [1.807, 2.05) is 6.20 Å². The second-order valence-corrected chi connectivity index (χ2v) is 9.80. The Bertz CT molecular complexity index is 699. The first-order valence-electron chi connectivity index (χ1n) is 8.74. The first kappa shape index (κ1) is 17.0. The Balaban J connectivity index is 0.000000455. The van der Waals surface area contributed by atoms with E-state index in [1.54, 1.807) is 0 Å². The molecule has 2 nitrogen and oxygen atoms in total. The Morgan fingerprint density at radius 3 is 2.33 bits per heavy atom. The molecule has 1 heterocycles. The third-order valence-corrected chi connectivity index (χ3v) is 6.12. The summed E-state index contributed by atoms with van der Waals surface area (Å²) in [5.41, 5.74) is 2.29. The number of aromatic nitrogens is 1. The van der Waals surface area contributed by atoms with Crippen LogP contribution in [0.3, 0.4) is 0 Å². The van der Waals surface area contributed by atoms with Crippen LogP contribution in [0.2, 0.25) is 0 Å². The van der Waals surface area contributed by atoms with Crippen LogP contribution in [0.15, 0.2) is 35.5 Å². The van der Waals surface area contributed by atoms with Crippen LogP contribution in [0.4, 0.5) is 0 Å². The average Bonchev–Trinajstić information content (AvgIpc) is 3.03. The molecule has 0 saturated heterocycles. The Kier molecular flexibility index (Phi) is 5.29. The number of para-hydroxylation sites is 1. The van der Waals surface area contributed by atoms with Gasteiger partial charge in [-0.1, -0.05) is 24.3 Å². The van der Waals surface area contributed by atoms with E-state index in [9.17, 15) is 0 Å². The summed E-state index contributed by atoms with van der Waals surface area (Å²) in [4.78, 5) is 9.54. The Morgan fingerprint density at radius 1 is 1.00 bits per heavy atom. The summed E-state index contributed by atoms with van der Waals surface area (Å²) < 4.78 is 0. The number of aliphatic imine (C=N–C) groups is 1. The van der Waals surface area contributed by atoms with Crippen LogP contribution in [0.25, 0.3) is 10.9 Å². The van der Waals surface area contributed by atoms with Crippen LogP contribution in [0, 0.1) is 23.7 Å². The average molecular weight is 399 g/mol. The molecule has 4 saturated carbocycles. The van der Waals surface area contributed by atoms with Crippen LogP contribution >= 0.6 is 19.7 Å².